The van der Waals surface area contributed by atoms with Crippen LogP contribution in [0.1, 0.15) is 26.2 Å². The van der Waals surface area contributed by atoms with E-state index >= 15 is 0 Å². The summed E-state index contributed by atoms with van der Waals surface area (Å²) in [6.45, 7) is 5.46. The van der Waals surface area contributed by atoms with E-state index in [0.717, 1.165) is 32.5 Å². The number of hydrogen-bond acceptors (Lipinski definition) is 3. The molecule has 4 nitrogen and oxygen atoms in total. The lowest BCUT2D eigenvalue weighted by Crippen LogP contribution is -2.57. The van der Waals surface area contributed by atoms with E-state index in [0.29, 0.717) is 18.9 Å². The Labute approximate surface area is 95.6 Å². The highest BCUT2D eigenvalue weighted by molar-refractivity contribution is 6.06. The molecule has 0 unspecified atom stereocenters. The summed E-state index contributed by atoms with van der Waals surface area (Å²) < 4.78 is 0. The van der Waals surface area contributed by atoms with Gasteiger partial charge in [0.1, 0.15) is 0 Å². The fourth-order valence-corrected chi connectivity index (χ4v) is 3.76. The van der Waals surface area contributed by atoms with E-state index in [1.807, 2.05) is 6.92 Å². The molecule has 0 radical (unpaired) electrons. The van der Waals surface area contributed by atoms with Crippen LogP contribution in [0.2, 0.25) is 0 Å². The molecule has 0 aromatic carbocycles. The number of nitrogens with zero attached hydrogens (tertiary/aromatic N) is 2. The van der Waals surface area contributed by atoms with Crippen LogP contribution in [-0.4, -0.2) is 47.8 Å². The zero-order valence-corrected chi connectivity index (χ0v) is 9.74. The summed E-state index contributed by atoms with van der Waals surface area (Å²) in [6.07, 6.45) is 2.65. The van der Waals surface area contributed by atoms with Crippen LogP contribution < -0.4 is 0 Å². The minimum atomic E-state index is -0.344. The highest BCUT2D eigenvalue weighted by Gasteiger charge is 2.58. The molecule has 1 atom stereocenters. The number of carbonyl (C=O) groups is 2. The molecule has 0 aromatic rings. The first-order valence-electron chi connectivity index (χ1n) is 6.24. The van der Waals surface area contributed by atoms with Crippen molar-refractivity contribution < 1.29 is 9.59 Å². The van der Waals surface area contributed by atoms with Gasteiger partial charge < -0.3 is 4.90 Å². The van der Waals surface area contributed by atoms with Crippen molar-refractivity contribution >= 4 is 11.8 Å². The van der Waals surface area contributed by atoms with Crippen molar-refractivity contribution in [1.82, 2.24) is 9.80 Å². The van der Waals surface area contributed by atoms with Crippen LogP contribution in [0, 0.1) is 11.3 Å². The highest BCUT2D eigenvalue weighted by Crippen LogP contribution is 2.49. The fourth-order valence-electron chi connectivity index (χ4n) is 3.76. The molecule has 0 aromatic heterocycles. The molecule has 0 aliphatic carbocycles. The quantitative estimate of drug-likeness (QED) is 0.606. The van der Waals surface area contributed by atoms with Gasteiger partial charge in [0.15, 0.2) is 0 Å². The van der Waals surface area contributed by atoms with Crippen LogP contribution in [0.5, 0.6) is 0 Å². The van der Waals surface area contributed by atoms with E-state index in [9.17, 15) is 9.59 Å². The molecule has 4 saturated heterocycles. The van der Waals surface area contributed by atoms with Gasteiger partial charge in [-0.05, 0) is 38.8 Å². The molecule has 2 bridgehead atoms. The van der Waals surface area contributed by atoms with E-state index in [2.05, 4.69) is 4.90 Å². The third-order valence-electron chi connectivity index (χ3n) is 4.63. The number of imide groups is 1. The second-order valence-electron chi connectivity index (χ2n) is 5.33. The second kappa shape index (κ2) is 3.29. The van der Waals surface area contributed by atoms with Gasteiger partial charge in [-0.25, -0.2) is 0 Å². The summed E-state index contributed by atoms with van der Waals surface area (Å²) in [5, 5.41) is 0. The molecule has 0 saturated carbocycles. The van der Waals surface area contributed by atoms with E-state index in [1.165, 1.54) is 4.90 Å². The van der Waals surface area contributed by atoms with Crippen LogP contribution in [0.4, 0.5) is 0 Å². The first-order valence-corrected chi connectivity index (χ1v) is 6.24. The summed E-state index contributed by atoms with van der Waals surface area (Å²) in [6, 6.07) is 0. The average molecular weight is 222 g/mol. The summed E-state index contributed by atoms with van der Waals surface area (Å²) in [7, 11) is 0. The third-order valence-corrected chi connectivity index (χ3v) is 4.63. The van der Waals surface area contributed by atoms with E-state index in [4.69, 9.17) is 0 Å². The van der Waals surface area contributed by atoms with Gasteiger partial charge in [0.05, 0.1) is 5.41 Å². The minimum absolute atomic E-state index is 0.0428. The fraction of sp³-hybridized carbons (Fsp3) is 0.833. The lowest BCUT2D eigenvalue weighted by Gasteiger charge is -2.49. The van der Waals surface area contributed by atoms with Gasteiger partial charge in [0.2, 0.25) is 11.8 Å². The number of piperidine rings is 3. The maximum Gasteiger partial charge on any atom is 0.237 e. The molecule has 4 aliphatic rings. The van der Waals surface area contributed by atoms with Gasteiger partial charge in [0, 0.05) is 19.5 Å². The third kappa shape index (κ3) is 1.14. The van der Waals surface area contributed by atoms with Crippen LogP contribution in [-0.2, 0) is 9.59 Å². The molecular formula is C12H18N2O2. The minimum Gasteiger partial charge on any atom is -0.302 e. The predicted octanol–water partition coefficient (Wildman–Crippen LogP) is 0.477. The number of fused-ring (bicyclic) bond motifs is 2. The van der Waals surface area contributed by atoms with Crippen LogP contribution >= 0.6 is 0 Å². The van der Waals surface area contributed by atoms with E-state index in [-0.39, 0.29) is 17.2 Å². The molecule has 16 heavy (non-hydrogen) atoms. The van der Waals surface area contributed by atoms with Gasteiger partial charge >= 0.3 is 0 Å². The van der Waals surface area contributed by atoms with Crippen LogP contribution in [0.25, 0.3) is 0 Å². The maximum absolute atomic E-state index is 12.4. The summed E-state index contributed by atoms with van der Waals surface area (Å²) in [5.74, 6) is 0.598. The first-order chi connectivity index (χ1) is 7.67. The van der Waals surface area contributed by atoms with Crippen molar-refractivity contribution in [1.29, 1.82) is 0 Å². The number of amides is 2. The van der Waals surface area contributed by atoms with Crippen molar-refractivity contribution in [3.05, 3.63) is 0 Å². The second-order valence-corrected chi connectivity index (χ2v) is 5.33. The molecule has 88 valence electrons. The molecule has 4 rings (SSSR count). The highest BCUT2D eigenvalue weighted by atomic mass is 16.2. The molecule has 4 aliphatic heterocycles. The standard InChI is InChI=1S/C12H18N2O2/c1-2-14-10(15)7-12(11(14)16)8-13-5-3-9(12)4-6-13/h9H,2-8H2,1H3/t12-/m1/s1. The topological polar surface area (TPSA) is 40.6 Å². The number of rotatable bonds is 1. The lowest BCUT2D eigenvalue weighted by molar-refractivity contribution is -0.147. The molecule has 4 fully saturated rings. The number of hydrogen-bond donors (Lipinski definition) is 0. The summed E-state index contributed by atoms with van der Waals surface area (Å²) >= 11 is 0. The average Bonchev–Trinajstić information content (AvgIpc) is 2.52. The molecule has 4 heterocycles. The monoisotopic (exact) mass is 222 g/mol. The van der Waals surface area contributed by atoms with Crippen LogP contribution in [0.3, 0.4) is 0 Å². The Morgan fingerprint density at radius 1 is 1.31 bits per heavy atom. The zero-order valence-electron chi connectivity index (χ0n) is 9.74. The van der Waals surface area contributed by atoms with Gasteiger partial charge in [-0.15, -0.1) is 0 Å². The van der Waals surface area contributed by atoms with Crippen molar-refractivity contribution in [3.8, 4) is 0 Å². The van der Waals surface area contributed by atoms with Crippen molar-refractivity contribution in [2.24, 2.45) is 11.3 Å². The van der Waals surface area contributed by atoms with Gasteiger partial charge in [0.25, 0.3) is 0 Å². The smallest absolute Gasteiger partial charge is 0.237 e. The first kappa shape index (κ1) is 10.3. The molecule has 2 amide bonds. The maximum atomic E-state index is 12.4. The van der Waals surface area contributed by atoms with Gasteiger partial charge in [-0.2, -0.15) is 0 Å². The van der Waals surface area contributed by atoms with Crippen molar-refractivity contribution in [2.75, 3.05) is 26.2 Å². The summed E-state index contributed by atoms with van der Waals surface area (Å²) in [4.78, 5) is 28.1. The van der Waals surface area contributed by atoms with Gasteiger partial charge in [-0.3, -0.25) is 14.5 Å². The normalized spacial score (nSPS) is 42.4. The molecule has 1 spiro atoms. The van der Waals surface area contributed by atoms with Crippen LogP contribution in [0.15, 0.2) is 0 Å². The Bertz CT molecular complexity index is 347. The Hall–Kier alpha value is -0.900. The van der Waals surface area contributed by atoms with Gasteiger partial charge in [-0.1, -0.05) is 0 Å². The number of likely N-dealkylation sites (tertiary alicyclic amines) is 1. The molecule has 0 N–H and O–H groups in total. The van der Waals surface area contributed by atoms with Crippen molar-refractivity contribution in [3.63, 3.8) is 0 Å². The Balaban J connectivity index is 1.95. The largest absolute Gasteiger partial charge is 0.302 e. The lowest BCUT2D eigenvalue weighted by atomic mass is 9.65. The predicted molar refractivity (Wildman–Crippen MR) is 58.6 cm³/mol. The van der Waals surface area contributed by atoms with E-state index in [1.54, 1.807) is 0 Å². The summed E-state index contributed by atoms with van der Waals surface area (Å²) in [5.41, 5.74) is -0.344. The Morgan fingerprint density at radius 3 is 2.44 bits per heavy atom. The van der Waals surface area contributed by atoms with Crippen molar-refractivity contribution in [2.45, 2.75) is 26.2 Å². The van der Waals surface area contributed by atoms with E-state index < -0.39 is 0 Å². The molecular weight excluding hydrogens is 204 g/mol. The molecule has 4 heteroatoms. The number of carbonyl (C=O) groups excluding carboxylic acids is 2. The Morgan fingerprint density at radius 2 is 2.00 bits per heavy atom. The Kier molecular flexibility index (Phi) is 2.11. The zero-order chi connectivity index (χ0) is 11.3. The SMILES string of the molecule is CCN1C(=O)C[C@]2(CN3CCC2CC3)C1=O.